The van der Waals surface area contributed by atoms with Gasteiger partial charge in [0.15, 0.2) is 0 Å². The fourth-order valence-corrected chi connectivity index (χ4v) is 4.13. The minimum absolute atomic E-state index is 0.305. The average molecular weight is 259 g/mol. The van der Waals surface area contributed by atoms with Crippen molar-refractivity contribution in [3.05, 3.63) is 0 Å². The van der Waals surface area contributed by atoms with Crippen molar-refractivity contribution in [1.29, 1.82) is 0 Å². The summed E-state index contributed by atoms with van der Waals surface area (Å²) in [7, 11) is 2.07. The van der Waals surface area contributed by atoms with Crippen molar-refractivity contribution in [1.82, 2.24) is 5.32 Å². The molecule has 1 rings (SSSR count). The summed E-state index contributed by atoms with van der Waals surface area (Å²) in [6.07, 6.45) is 5.20. The van der Waals surface area contributed by atoms with Gasteiger partial charge in [-0.3, -0.25) is 0 Å². The minimum Gasteiger partial charge on any atom is -0.396 e. The lowest BCUT2D eigenvalue weighted by Gasteiger charge is -2.43. The van der Waals surface area contributed by atoms with Gasteiger partial charge in [-0.1, -0.05) is 27.2 Å². The molecule has 0 amide bonds. The van der Waals surface area contributed by atoms with Gasteiger partial charge in [-0.15, -0.1) is 0 Å². The molecule has 0 bridgehead atoms. The molecule has 0 aromatic rings. The maximum absolute atomic E-state index is 8.99. The molecule has 0 radical (unpaired) electrons. The molecule has 1 aliphatic carbocycles. The summed E-state index contributed by atoms with van der Waals surface area (Å²) in [5.41, 5.74) is 0.469. The monoisotopic (exact) mass is 259 g/mol. The highest BCUT2D eigenvalue weighted by Crippen LogP contribution is 2.43. The van der Waals surface area contributed by atoms with E-state index >= 15 is 0 Å². The van der Waals surface area contributed by atoms with Gasteiger partial charge < -0.3 is 10.4 Å². The van der Waals surface area contributed by atoms with Crippen molar-refractivity contribution in [2.75, 3.05) is 19.4 Å². The smallest absolute Gasteiger partial charge is 0.0521 e. The number of rotatable bonds is 6. The summed E-state index contributed by atoms with van der Waals surface area (Å²) >= 11 is 1.95. The Balaban J connectivity index is 2.58. The Kier molecular flexibility index (Phi) is 6.32. The quantitative estimate of drug-likeness (QED) is 0.769. The van der Waals surface area contributed by atoms with Crippen LogP contribution in [0.25, 0.3) is 0 Å². The zero-order valence-corrected chi connectivity index (χ0v) is 12.6. The Hall–Kier alpha value is 0.270. The third-order valence-electron chi connectivity index (χ3n) is 4.60. The first-order valence-electron chi connectivity index (χ1n) is 6.94. The van der Waals surface area contributed by atoms with Crippen LogP contribution in [-0.2, 0) is 0 Å². The average Bonchev–Trinajstić information content (AvgIpc) is 2.35. The predicted molar refractivity (Wildman–Crippen MR) is 77.6 cm³/mol. The molecule has 2 N–H and O–H groups in total. The zero-order valence-electron chi connectivity index (χ0n) is 11.8. The molecule has 3 heteroatoms. The second-order valence-corrected chi connectivity index (χ2v) is 7.23. The fourth-order valence-electron chi connectivity index (χ4n) is 2.85. The van der Waals surface area contributed by atoms with Crippen molar-refractivity contribution in [2.24, 2.45) is 11.3 Å². The second kappa shape index (κ2) is 7.01. The summed E-state index contributed by atoms with van der Waals surface area (Å²) in [6, 6.07) is 0.635. The number of aliphatic hydroxyl groups is 1. The van der Waals surface area contributed by atoms with Crippen LogP contribution >= 0.6 is 11.8 Å². The summed E-state index contributed by atoms with van der Waals surface area (Å²) in [5, 5.41) is 13.1. The molecule has 3 atom stereocenters. The molecule has 0 heterocycles. The van der Waals surface area contributed by atoms with Crippen LogP contribution in [0.5, 0.6) is 0 Å². The maximum Gasteiger partial charge on any atom is 0.0521 e. The third kappa shape index (κ3) is 4.15. The van der Waals surface area contributed by atoms with Crippen LogP contribution in [0.4, 0.5) is 0 Å². The molecule has 1 saturated carbocycles. The van der Waals surface area contributed by atoms with Gasteiger partial charge in [0.2, 0.25) is 0 Å². The van der Waals surface area contributed by atoms with E-state index < -0.39 is 0 Å². The number of hydrogen-bond donors (Lipinski definition) is 2. The van der Waals surface area contributed by atoms with Crippen LogP contribution in [0.15, 0.2) is 0 Å². The van der Waals surface area contributed by atoms with E-state index in [1.807, 2.05) is 11.8 Å². The summed E-state index contributed by atoms with van der Waals surface area (Å²) in [4.78, 5) is 0. The van der Waals surface area contributed by atoms with Crippen molar-refractivity contribution >= 4 is 11.8 Å². The number of aliphatic hydroxyl groups excluding tert-OH is 1. The largest absolute Gasteiger partial charge is 0.396 e. The van der Waals surface area contributed by atoms with E-state index in [-0.39, 0.29) is 0 Å². The van der Waals surface area contributed by atoms with E-state index in [0.29, 0.717) is 23.3 Å². The molecule has 1 aliphatic rings. The summed E-state index contributed by atoms with van der Waals surface area (Å²) < 4.78 is 0. The lowest BCUT2D eigenvalue weighted by molar-refractivity contribution is 0.142. The van der Waals surface area contributed by atoms with Crippen molar-refractivity contribution in [3.63, 3.8) is 0 Å². The van der Waals surface area contributed by atoms with Crippen molar-refractivity contribution < 1.29 is 5.11 Å². The van der Waals surface area contributed by atoms with E-state index in [9.17, 15) is 0 Å². The van der Waals surface area contributed by atoms with E-state index in [0.717, 1.165) is 11.7 Å². The molecule has 2 nitrogen and oxygen atoms in total. The van der Waals surface area contributed by atoms with Crippen LogP contribution in [0.1, 0.15) is 46.5 Å². The SMILES string of the molecule is CCC(C)(C)C1CCC(NC)C(SCCO)C1. The minimum atomic E-state index is 0.305. The van der Waals surface area contributed by atoms with Gasteiger partial charge in [0.25, 0.3) is 0 Å². The first-order valence-corrected chi connectivity index (χ1v) is 7.99. The normalized spacial score (nSPS) is 30.5. The second-order valence-electron chi connectivity index (χ2n) is 5.88. The molecule has 0 aromatic carbocycles. The van der Waals surface area contributed by atoms with Gasteiger partial charge >= 0.3 is 0 Å². The summed E-state index contributed by atoms with van der Waals surface area (Å²) in [5.74, 6) is 1.72. The van der Waals surface area contributed by atoms with Crippen molar-refractivity contribution in [3.8, 4) is 0 Å². The molecule has 17 heavy (non-hydrogen) atoms. The van der Waals surface area contributed by atoms with Crippen LogP contribution in [0, 0.1) is 11.3 Å². The fraction of sp³-hybridized carbons (Fsp3) is 1.00. The van der Waals surface area contributed by atoms with E-state index in [2.05, 4.69) is 33.1 Å². The standard InChI is InChI=1S/C14H29NOS/c1-5-14(2,3)11-6-7-12(15-4)13(10-11)17-9-8-16/h11-13,15-16H,5-10H2,1-4H3. The molecular formula is C14H29NOS. The van der Waals surface area contributed by atoms with E-state index in [1.54, 1.807) is 0 Å². The Morgan fingerprint density at radius 3 is 2.59 bits per heavy atom. The Morgan fingerprint density at radius 2 is 2.06 bits per heavy atom. The highest BCUT2D eigenvalue weighted by molar-refractivity contribution is 7.99. The van der Waals surface area contributed by atoms with Gasteiger partial charge in [0.05, 0.1) is 6.61 Å². The van der Waals surface area contributed by atoms with Gasteiger partial charge in [0, 0.05) is 17.0 Å². The molecule has 0 aliphatic heterocycles. The Morgan fingerprint density at radius 1 is 1.35 bits per heavy atom. The van der Waals surface area contributed by atoms with E-state index in [1.165, 1.54) is 25.7 Å². The molecule has 102 valence electrons. The molecule has 0 aromatic heterocycles. The molecule has 0 spiro atoms. The number of thioether (sulfide) groups is 1. The zero-order chi connectivity index (χ0) is 12.9. The molecule has 0 saturated heterocycles. The predicted octanol–water partition coefficient (Wildman–Crippen LogP) is 2.90. The third-order valence-corrected chi connectivity index (χ3v) is 5.97. The van der Waals surface area contributed by atoms with Gasteiger partial charge in [0.1, 0.15) is 0 Å². The molecule has 3 unspecified atom stereocenters. The summed E-state index contributed by atoms with van der Waals surface area (Å²) in [6.45, 7) is 7.43. The van der Waals surface area contributed by atoms with Crippen LogP contribution < -0.4 is 5.32 Å². The highest BCUT2D eigenvalue weighted by Gasteiger charge is 2.36. The topological polar surface area (TPSA) is 32.3 Å². The van der Waals surface area contributed by atoms with Crippen LogP contribution in [0.2, 0.25) is 0 Å². The molecular weight excluding hydrogens is 230 g/mol. The first-order chi connectivity index (χ1) is 8.05. The number of nitrogens with one attached hydrogen (secondary N) is 1. The Bertz CT molecular complexity index is 220. The first kappa shape index (κ1) is 15.3. The Labute approximate surface area is 111 Å². The van der Waals surface area contributed by atoms with Crippen LogP contribution in [0.3, 0.4) is 0 Å². The lowest BCUT2D eigenvalue weighted by Crippen LogP contribution is -2.44. The maximum atomic E-state index is 8.99. The van der Waals surface area contributed by atoms with Gasteiger partial charge in [-0.05, 0) is 37.6 Å². The van der Waals surface area contributed by atoms with Crippen molar-refractivity contribution in [2.45, 2.75) is 57.7 Å². The lowest BCUT2D eigenvalue weighted by atomic mass is 9.68. The van der Waals surface area contributed by atoms with Gasteiger partial charge in [-0.25, -0.2) is 0 Å². The highest BCUT2D eigenvalue weighted by atomic mass is 32.2. The number of hydrogen-bond acceptors (Lipinski definition) is 3. The van der Waals surface area contributed by atoms with Gasteiger partial charge in [-0.2, -0.15) is 11.8 Å². The van der Waals surface area contributed by atoms with Crippen LogP contribution in [-0.4, -0.2) is 35.8 Å². The molecule has 1 fully saturated rings. The van der Waals surface area contributed by atoms with E-state index in [4.69, 9.17) is 5.11 Å².